The van der Waals surface area contributed by atoms with Crippen LogP contribution in [-0.2, 0) is 13.1 Å². The molecule has 0 amide bonds. The number of nitrogens with zero attached hydrogens (tertiary/aromatic N) is 1. The highest BCUT2D eigenvalue weighted by Gasteiger charge is 1.97. The lowest BCUT2D eigenvalue weighted by Gasteiger charge is -2.05. The molecule has 4 nitrogen and oxygen atoms in total. The van der Waals surface area contributed by atoms with Gasteiger partial charge in [0.2, 0.25) is 5.88 Å². The molecule has 16 heavy (non-hydrogen) atoms. The van der Waals surface area contributed by atoms with Crippen molar-refractivity contribution in [1.29, 1.82) is 0 Å². The minimum atomic E-state index is 0.652. The van der Waals surface area contributed by atoms with Gasteiger partial charge in [-0.25, -0.2) is 4.98 Å². The van der Waals surface area contributed by atoms with Crippen molar-refractivity contribution in [3.63, 3.8) is 0 Å². The average Bonchev–Trinajstić information content (AvgIpc) is 2.82. The number of hydrogen-bond donors (Lipinski definition) is 2. The Morgan fingerprint density at radius 3 is 3.06 bits per heavy atom. The highest BCUT2D eigenvalue weighted by atomic mass is 16.5. The van der Waals surface area contributed by atoms with Crippen molar-refractivity contribution >= 4 is 0 Å². The first-order valence-electron chi connectivity index (χ1n) is 5.20. The van der Waals surface area contributed by atoms with Gasteiger partial charge in [0, 0.05) is 37.2 Å². The molecule has 0 saturated carbocycles. The Morgan fingerprint density at radius 2 is 2.31 bits per heavy atom. The van der Waals surface area contributed by atoms with Gasteiger partial charge in [0.15, 0.2) is 0 Å². The number of rotatable bonds is 5. The molecule has 0 unspecified atom stereocenters. The van der Waals surface area contributed by atoms with E-state index in [1.54, 1.807) is 13.3 Å². The van der Waals surface area contributed by atoms with E-state index in [1.165, 1.54) is 11.3 Å². The van der Waals surface area contributed by atoms with Crippen LogP contribution in [0.4, 0.5) is 0 Å². The molecule has 2 aromatic rings. The van der Waals surface area contributed by atoms with Crippen molar-refractivity contribution in [1.82, 2.24) is 15.3 Å². The number of pyridine rings is 1. The lowest BCUT2D eigenvalue weighted by atomic mass is 10.2. The molecule has 2 aromatic heterocycles. The number of aromatic amines is 1. The minimum Gasteiger partial charge on any atom is -0.481 e. The van der Waals surface area contributed by atoms with Crippen LogP contribution in [0.15, 0.2) is 36.7 Å². The molecule has 0 fully saturated rings. The molecule has 0 aliphatic heterocycles. The molecule has 0 saturated heterocycles. The van der Waals surface area contributed by atoms with E-state index in [9.17, 15) is 0 Å². The summed E-state index contributed by atoms with van der Waals surface area (Å²) in [5, 5.41) is 3.34. The maximum Gasteiger partial charge on any atom is 0.213 e. The molecule has 0 aromatic carbocycles. The maximum absolute atomic E-state index is 5.06. The van der Waals surface area contributed by atoms with Crippen molar-refractivity contribution in [2.45, 2.75) is 13.1 Å². The molecule has 2 heterocycles. The third kappa shape index (κ3) is 2.84. The molecule has 2 N–H and O–H groups in total. The second-order valence-corrected chi connectivity index (χ2v) is 3.51. The van der Waals surface area contributed by atoms with Crippen LogP contribution in [-0.4, -0.2) is 17.1 Å². The van der Waals surface area contributed by atoms with Crippen LogP contribution in [0.1, 0.15) is 11.3 Å². The van der Waals surface area contributed by atoms with Gasteiger partial charge in [-0.3, -0.25) is 0 Å². The summed E-state index contributed by atoms with van der Waals surface area (Å²) in [6.07, 6.45) is 3.68. The van der Waals surface area contributed by atoms with Gasteiger partial charge >= 0.3 is 0 Å². The summed E-state index contributed by atoms with van der Waals surface area (Å²) < 4.78 is 5.06. The van der Waals surface area contributed by atoms with Gasteiger partial charge in [-0.2, -0.15) is 0 Å². The average molecular weight is 217 g/mol. The molecule has 0 spiro atoms. The molecule has 0 radical (unpaired) electrons. The van der Waals surface area contributed by atoms with E-state index in [-0.39, 0.29) is 0 Å². The predicted molar refractivity (Wildman–Crippen MR) is 62.1 cm³/mol. The molecule has 84 valence electrons. The second kappa shape index (κ2) is 5.32. The smallest absolute Gasteiger partial charge is 0.213 e. The van der Waals surface area contributed by atoms with Crippen LogP contribution in [0.3, 0.4) is 0 Å². The van der Waals surface area contributed by atoms with Crippen molar-refractivity contribution in [2.24, 2.45) is 0 Å². The predicted octanol–water partition coefficient (Wildman–Crippen LogP) is 1.71. The van der Waals surface area contributed by atoms with Crippen molar-refractivity contribution in [3.8, 4) is 5.88 Å². The van der Waals surface area contributed by atoms with Crippen molar-refractivity contribution < 1.29 is 4.74 Å². The quantitative estimate of drug-likeness (QED) is 0.801. The van der Waals surface area contributed by atoms with Crippen LogP contribution >= 0.6 is 0 Å². The van der Waals surface area contributed by atoms with Crippen LogP contribution in [0, 0.1) is 0 Å². The topological polar surface area (TPSA) is 49.9 Å². The number of ether oxygens (including phenoxy) is 1. The summed E-state index contributed by atoms with van der Waals surface area (Å²) >= 11 is 0. The molecule has 4 heteroatoms. The first kappa shape index (κ1) is 10.7. The summed E-state index contributed by atoms with van der Waals surface area (Å²) in [6, 6.07) is 7.96. The van der Waals surface area contributed by atoms with Crippen molar-refractivity contribution in [2.75, 3.05) is 7.11 Å². The van der Waals surface area contributed by atoms with Gasteiger partial charge < -0.3 is 15.0 Å². The van der Waals surface area contributed by atoms with Gasteiger partial charge in [0.1, 0.15) is 0 Å². The van der Waals surface area contributed by atoms with Gasteiger partial charge in [-0.05, 0) is 23.8 Å². The van der Waals surface area contributed by atoms with Gasteiger partial charge in [0.25, 0.3) is 0 Å². The van der Waals surface area contributed by atoms with E-state index in [2.05, 4.69) is 21.4 Å². The zero-order chi connectivity index (χ0) is 11.2. The van der Waals surface area contributed by atoms with E-state index < -0.39 is 0 Å². The summed E-state index contributed by atoms with van der Waals surface area (Å²) in [5.41, 5.74) is 2.35. The third-order valence-electron chi connectivity index (χ3n) is 2.32. The summed E-state index contributed by atoms with van der Waals surface area (Å²) in [4.78, 5) is 7.21. The summed E-state index contributed by atoms with van der Waals surface area (Å²) in [7, 11) is 1.62. The Kier molecular flexibility index (Phi) is 3.56. The van der Waals surface area contributed by atoms with E-state index in [4.69, 9.17) is 4.74 Å². The van der Waals surface area contributed by atoms with E-state index in [0.717, 1.165) is 13.1 Å². The Balaban J connectivity index is 1.85. The van der Waals surface area contributed by atoms with Gasteiger partial charge in [-0.1, -0.05) is 0 Å². The fraction of sp³-hybridized carbons (Fsp3) is 0.250. The van der Waals surface area contributed by atoms with Crippen LogP contribution in [0.5, 0.6) is 5.88 Å². The first-order chi connectivity index (χ1) is 7.88. The standard InChI is InChI=1S/C12H15N3O/c1-16-12-7-10(4-6-15-12)8-13-9-11-3-2-5-14-11/h2-7,13-14H,8-9H2,1H3. The van der Waals surface area contributed by atoms with Crippen LogP contribution in [0.2, 0.25) is 0 Å². The maximum atomic E-state index is 5.06. The number of nitrogens with one attached hydrogen (secondary N) is 2. The molecular formula is C12H15N3O. The van der Waals surface area contributed by atoms with Crippen LogP contribution < -0.4 is 10.1 Å². The number of methoxy groups -OCH3 is 1. The normalized spacial score (nSPS) is 10.3. The van der Waals surface area contributed by atoms with E-state index >= 15 is 0 Å². The monoisotopic (exact) mass is 217 g/mol. The van der Waals surface area contributed by atoms with Crippen LogP contribution in [0.25, 0.3) is 0 Å². The number of hydrogen-bond acceptors (Lipinski definition) is 3. The SMILES string of the molecule is COc1cc(CNCc2ccc[nH]2)ccn1. The molecule has 0 bridgehead atoms. The number of aromatic nitrogens is 2. The zero-order valence-corrected chi connectivity index (χ0v) is 9.23. The first-order valence-corrected chi connectivity index (χ1v) is 5.20. The molecule has 0 aliphatic carbocycles. The minimum absolute atomic E-state index is 0.652. The lowest BCUT2D eigenvalue weighted by molar-refractivity contribution is 0.397. The highest BCUT2D eigenvalue weighted by molar-refractivity contribution is 5.20. The molecule has 2 rings (SSSR count). The Hall–Kier alpha value is -1.81. The highest BCUT2D eigenvalue weighted by Crippen LogP contribution is 2.08. The zero-order valence-electron chi connectivity index (χ0n) is 9.23. The summed E-state index contributed by atoms with van der Waals surface area (Å²) in [5.74, 6) is 0.652. The van der Waals surface area contributed by atoms with E-state index in [1.807, 2.05) is 24.4 Å². The fourth-order valence-corrected chi connectivity index (χ4v) is 1.49. The molecule has 0 atom stereocenters. The fourth-order valence-electron chi connectivity index (χ4n) is 1.49. The van der Waals surface area contributed by atoms with Gasteiger partial charge in [-0.15, -0.1) is 0 Å². The van der Waals surface area contributed by atoms with Crippen molar-refractivity contribution in [3.05, 3.63) is 47.9 Å². The Bertz CT molecular complexity index is 426. The van der Waals surface area contributed by atoms with Gasteiger partial charge in [0.05, 0.1) is 7.11 Å². The second-order valence-electron chi connectivity index (χ2n) is 3.51. The Labute approximate surface area is 94.7 Å². The third-order valence-corrected chi connectivity index (χ3v) is 2.32. The number of H-pyrrole nitrogens is 1. The Morgan fingerprint density at radius 1 is 1.38 bits per heavy atom. The van der Waals surface area contributed by atoms with E-state index in [0.29, 0.717) is 5.88 Å². The lowest BCUT2D eigenvalue weighted by Crippen LogP contribution is -2.12. The largest absolute Gasteiger partial charge is 0.481 e. The molecular weight excluding hydrogens is 202 g/mol. The summed E-state index contributed by atoms with van der Waals surface area (Å²) in [6.45, 7) is 1.63. The molecule has 0 aliphatic rings.